The number of hydrogen-bond acceptors (Lipinski definition) is 8. The quantitative estimate of drug-likeness (QED) is 0.306. The number of ether oxygens (including phenoxy) is 3. The molecular weight excluding hydrogens is 524 g/mol. The molecule has 1 aliphatic rings. The second-order valence-corrected chi connectivity index (χ2v) is 9.68. The number of fused-ring (bicyclic) bond motifs is 1. The van der Waals surface area contributed by atoms with Crippen LogP contribution < -0.4 is 14.8 Å². The molecule has 1 aliphatic heterocycles. The van der Waals surface area contributed by atoms with E-state index in [2.05, 4.69) is 36.1 Å². The molecule has 2 heterocycles. The third-order valence-corrected chi connectivity index (χ3v) is 6.73. The highest BCUT2D eigenvalue weighted by molar-refractivity contribution is 9.10. The Kier molecular flexibility index (Phi) is 9.35. The van der Waals surface area contributed by atoms with Gasteiger partial charge in [0.2, 0.25) is 0 Å². The van der Waals surface area contributed by atoms with Crippen LogP contribution in [-0.4, -0.2) is 60.3 Å². The van der Waals surface area contributed by atoms with Gasteiger partial charge < -0.3 is 19.5 Å². The Balaban J connectivity index is 1.39. The number of rotatable bonds is 11. The van der Waals surface area contributed by atoms with E-state index in [9.17, 15) is 4.79 Å². The molecule has 0 radical (unpaired) electrons. The molecule has 3 aromatic rings. The Morgan fingerprint density at radius 1 is 1.08 bits per heavy atom. The number of piperidine rings is 1. The van der Waals surface area contributed by atoms with Gasteiger partial charge in [-0.3, -0.25) is 9.69 Å². The molecule has 9 heteroatoms. The molecule has 4 rings (SSSR count). The third-order valence-electron chi connectivity index (χ3n) is 6.24. The zero-order chi connectivity index (χ0) is 25.3. The Morgan fingerprint density at radius 2 is 1.89 bits per heavy atom. The number of halogens is 1. The van der Waals surface area contributed by atoms with E-state index in [-0.39, 0.29) is 5.97 Å². The molecule has 36 heavy (non-hydrogen) atoms. The van der Waals surface area contributed by atoms with Crippen LogP contribution in [0.2, 0.25) is 0 Å². The van der Waals surface area contributed by atoms with Crippen molar-refractivity contribution < 1.29 is 19.0 Å². The largest absolute Gasteiger partial charge is 0.490 e. The van der Waals surface area contributed by atoms with Gasteiger partial charge in [-0.2, -0.15) is 0 Å². The van der Waals surface area contributed by atoms with Crippen LogP contribution in [0.15, 0.2) is 47.2 Å². The number of esters is 1. The zero-order valence-corrected chi connectivity index (χ0v) is 22.4. The maximum atomic E-state index is 11.7. The minimum Gasteiger partial charge on any atom is -0.490 e. The van der Waals surface area contributed by atoms with Gasteiger partial charge in [0.25, 0.3) is 0 Å². The number of hydrogen-bond donors (Lipinski definition) is 1. The van der Waals surface area contributed by atoms with E-state index in [1.165, 1.54) is 0 Å². The van der Waals surface area contributed by atoms with E-state index in [1.807, 2.05) is 50.2 Å². The predicted octanol–water partition coefficient (Wildman–Crippen LogP) is 5.58. The molecule has 0 spiro atoms. The van der Waals surface area contributed by atoms with E-state index in [0.717, 1.165) is 53.4 Å². The van der Waals surface area contributed by atoms with Crippen molar-refractivity contribution in [3.63, 3.8) is 0 Å². The van der Waals surface area contributed by atoms with Gasteiger partial charge in [-0.15, -0.1) is 0 Å². The van der Waals surface area contributed by atoms with Gasteiger partial charge in [0, 0.05) is 21.6 Å². The van der Waals surface area contributed by atoms with Crippen LogP contribution in [0.25, 0.3) is 10.9 Å². The molecule has 0 unspecified atom stereocenters. The number of anilines is 2. The van der Waals surface area contributed by atoms with Crippen molar-refractivity contribution in [3.05, 3.63) is 47.2 Å². The van der Waals surface area contributed by atoms with Crippen LogP contribution in [0.4, 0.5) is 11.5 Å². The fourth-order valence-electron chi connectivity index (χ4n) is 4.41. The summed E-state index contributed by atoms with van der Waals surface area (Å²) in [6.45, 7) is 7.56. The molecule has 192 valence electrons. The van der Waals surface area contributed by atoms with Crippen molar-refractivity contribution in [2.45, 2.75) is 33.1 Å². The first kappa shape index (κ1) is 26.2. The smallest absolute Gasteiger partial charge is 0.320 e. The fourth-order valence-corrected chi connectivity index (χ4v) is 4.80. The van der Waals surface area contributed by atoms with Crippen LogP contribution in [0.1, 0.15) is 33.1 Å². The first-order chi connectivity index (χ1) is 17.6. The van der Waals surface area contributed by atoms with Crippen LogP contribution in [0, 0.1) is 5.92 Å². The monoisotopic (exact) mass is 556 g/mol. The summed E-state index contributed by atoms with van der Waals surface area (Å²) in [5, 5.41) is 4.24. The molecule has 1 N–H and O–H groups in total. The Labute approximate surface area is 220 Å². The summed E-state index contributed by atoms with van der Waals surface area (Å²) >= 11 is 3.51. The highest BCUT2D eigenvalue weighted by Gasteiger charge is 2.21. The SMILES string of the molecule is CCOC(=O)CN1CCC(CCOc2cc3ncnc(Nc4cccc(Br)c4)c3cc2OCC)CC1. The summed E-state index contributed by atoms with van der Waals surface area (Å²) in [6, 6.07) is 11.8. The zero-order valence-electron chi connectivity index (χ0n) is 20.8. The second-order valence-electron chi connectivity index (χ2n) is 8.77. The maximum Gasteiger partial charge on any atom is 0.320 e. The summed E-state index contributed by atoms with van der Waals surface area (Å²) in [4.78, 5) is 22.8. The van der Waals surface area contributed by atoms with Gasteiger partial charge in [-0.1, -0.05) is 22.0 Å². The lowest BCUT2D eigenvalue weighted by atomic mass is 9.94. The Morgan fingerprint density at radius 3 is 2.64 bits per heavy atom. The predicted molar refractivity (Wildman–Crippen MR) is 144 cm³/mol. The lowest BCUT2D eigenvalue weighted by Crippen LogP contribution is -2.38. The van der Waals surface area contributed by atoms with E-state index < -0.39 is 0 Å². The summed E-state index contributed by atoms with van der Waals surface area (Å²) in [5.41, 5.74) is 1.71. The molecule has 1 aromatic heterocycles. The van der Waals surface area contributed by atoms with Crippen LogP contribution in [0.3, 0.4) is 0 Å². The molecule has 1 fully saturated rings. The number of aromatic nitrogens is 2. The average molecular weight is 557 g/mol. The lowest BCUT2D eigenvalue weighted by Gasteiger charge is -2.31. The number of nitrogens with one attached hydrogen (secondary N) is 1. The molecule has 0 saturated carbocycles. The number of likely N-dealkylation sites (tertiary alicyclic amines) is 1. The highest BCUT2D eigenvalue weighted by Crippen LogP contribution is 2.35. The summed E-state index contributed by atoms with van der Waals surface area (Å²) in [5.74, 6) is 2.51. The van der Waals surface area contributed by atoms with Gasteiger partial charge in [-0.25, -0.2) is 9.97 Å². The minimum absolute atomic E-state index is 0.141. The average Bonchev–Trinajstić information content (AvgIpc) is 2.86. The van der Waals surface area contributed by atoms with E-state index in [1.54, 1.807) is 6.33 Å². The molecule has 0 atom stereocenters. The van der Waals surface area contributed by atoms with E-state index >= 15 is 0 Å². The van der Waals surface area contributed by atoms with Crippen molar-refractivity contribution in [1.82, 2.24) is 14.9 Å². The maximum absolute atomic E-state index is 11.7. The normalized spacial score (nSPS) is 14.5. The minimum atomic E-state index is -0.141. The molecule has 1 saturated heterocycles. The lowest BCUT2D eigenvalue weighted by molar-refractivity contribution is -0.144. The number of carbonyl (C=O) groups excluding carboxylic acids is 1. The Hall–Kier alpha value is -2.91. The van der Waals surface area contributed by atoms with Crippen molar-refractivity contribution >= 4 is 44.3 Å². The molecule has 8 nitrogen and oxygen atoms in total. The fraction of sp³-hybridized carbons (Fsp3) is 0.444. The van der Waals surface area contributed by atoms with Crippen molar-refractivity contribution in [2.24, 2.45) is 5.92 Å². The molecular formula is C27H33BrN4O4. The summed E-state index contributed by atoms with van der Waals surface area (Å²) in [7, 11) is 0. The van der Waals surface area contributed by atoms with E-state index in [4.69, 9.17) is 14.2 Å². The number of benzene rings is 2. The van der Waals surface area contributed by atoms with Gasteiger partial charge in [0.15, 0.2) is 11.5 Å². The topological polar surface area (TPSA) is 85.8 Å². The van der Waals surface area contributed by atoms with Gasteiger partial charge in [0.05, 0.1) is 31.9 Å². The number of carbonyl (C=O) groups is 1. The van der Waals surface area contributed by atoms with Gasteiger partial charge in [-0.05, 0) is 76.4 Å². The van der Waals surface area contributed by atoms with Crippen LogP contribution >= 0.6 is 15.9 Å². The first-order valence-corrected chi connectivity index (χ1v) is 13.3. The number of nitrogens with zero attached hydrogens (tertiary/aromatic N) is 3. The van der Waals surface area contributed by atoms with Crippen molar-refractivity contribution in [1.29, 1.82) is 0 Å². The van der Waals surface area contributed by atoms with Crippen LogP contribution in [-0.2, 0) is 9.53 Å². The summed E-state index contributed by atoms with van der Waals surface area (Å²) in [6.07, 6.45) is 4.61. The summed E-state index contributed by atoms with van der Waals surface area (Å²) < 4.78 is 18.2. The van der Waals surface area contributed by atoms with Crippen molar-refractivity contribution in [3.8, 4) is 11.5 Å². The van der Waals surface area contributed by atoms with E-state index in [0.29, 0.717) is 49.6 Å². The first-order valence-electron chi connectivity index (χ1n) is 12.5. The van der Waals surface area contributed by atoms with Gasteiger partial charge in [0.1, 0.15) is 12.1 Å². The highest BCUT2D eigenvalue weighted by atomic mass is 79.9. The third kappa shape index (κ3) is 7.07. The van der Waals surface area contributed by atoms with Gasteiger partial charge >= 0.3 is 5.97 Å². The van der Waals surface area contributed by atoms with Crippen LogP contribution in [0.5, 0.6) is 11.5 Å². The molecule has 0 aliphatic carbocycles. The molecule has 0 amide bonds. The molecule has 0 bridgehead atoms. The second kappa shape index (κ2) is 12.9. The molecule has 2 aromatic carbocycles. The standard InChI is InChI=1S/C27H33BrN4O4/c1-3-34-24-15-22-23(29-18-30-27(22)31-21-7-5-6-20(28)14-21)16-25(24)36-13-10-19-8-11-32(12-9-19)17-26(33)35-4-2/h5-7,14-16,18-19H,3-4,8-13,17H2,1-2H3,(H,29,30,31). The van der Waals surface area contributed by atoms with Crippen molar-refractivity contribution in [2.75, 3.05) is 44.8 Å². The Bertz CT molecular complexity index is 1170.